The van der Waals surface area contributed by atoms with Gasteiger partial charge in [-0.15, -0.1) is 0 Å². The minimum absolute atomic E-state index is 0.111. The SMILES string of the molecule is CC1CC(CN)(NCC(C)C2CC2)CC(C)O1. The summed E-state index contributed by atoms with van der Waals surface area (Å²) in [5, 5.41) is 3.76. The second kappa shape index (κ2) is 5.25. The fraction of sp³-hybridized carbons (Fsp3) is 1.00. The maximum absolute atomic E-state index is 6.02. The fourth-order valence-corrected chi connectivity index (χ4v) is 3.27. The van der Waals surface area contributed by atoms with Crippen LogP contribution in [0.15, 0.2) is 0 Å². The summed E-state index contributed by atoms with van der Waals surface area (Å²) in [7, 11) is 0. The molecule has 0 aromatic rings. The van der Waals surface area contributed by atoms with Crippen molar-refractivity contribution in [2.45, 2.75) is 64.2 Å². The summed E-state index contributed by atoms with van der Waals surface area (Å²) in [5.41, 5.74) is 6.13. The minimum Gasteiger partial charge on any atom is -0.375 e. The number of hydrogen-bond acceptors (Lipinski definition) is 3. The van der Waals surface area contributed by atoms with Crippen molar-refractivity contribution in [3.63, 3.8) is 0 Å². The third-order valence-corrected chi connectivity index (χ3v) is 4.44. The first-order valence-corrected chi connectivity index (χ1v) is 7.15. The second-order valence-corrected chi connectivity index (χ2v) is 6.35. The smallest absolute Gasteiger partial charge is 0.0568 e. The van der Waals surface area contributed by atoms with E-state index in [1.54, 1.807) is 0 Å². The lowest BCUT2D eigenvalue weighted by Crippen LogP contribution is -2.58. The summed E-state index contributed by atoms with van der Waals surface area (Å²) in [6, 6.07) is 0. The van der Waals surface area contributed by atoms with Gasteiger partial charge >= 0.3 is 0 Å². The first kappa shape index (κ1) is 13.3. The third kappa shape index (κ3) is 3.43. The highest BCUT2D eigenvalue weighted by Crippen LogP contribution is 2.37. The van der Waals surface area contributed by atoms with Crippen LogP contribution in [0.25, 0.3) is 0 Å². The quantitative estimate of drug-likeness (QED) is 0.771. The highest BCUT2D eigenvalue weighted by Gasteiger charge is 2.38. The van der Waals surface area contributed by atoms with Crippen molar-refractivity contribution in [2.75, 3.05) is 13.1 Å². The zero-order valence-electron chi connectivity index (χ0n) is 11.5. The molecule has 2 rings (SSSR count). The highest BCUT2D eigenvalue weighted by molar-refractivity contribution is 4.96. The Labute approximate surface area is 105 Å². The molecule has 2 fully saturated rings. The monoisotopic (exact) mass is 240 g/mol. The van der Waals surface area contributed by atoms with Gasteiger partial charge in [-0.2, -0.15) is 0 Å². The van der Waals surface area contributed by atoms with Gasteiger partial charge in [-0.05, 0) is 57.9 Å². The molecule has 3 atom stereocenters. The van der Waals surface area contributed by atoms with Gasteiger partial charge < -0.3 is 15.8 Å². The summed E-state index contributed by atoms with van der Waals surface area (Å²) in [4.78, 5) is 0. The number of nitrogens with two attached hydrogens (primary N) is 1. The molecule has 0 spiro atoms. The first-order valence-electron chi connectivity index (χ1n) is 7.15. The van der Waals surface area contributed by atoms with E-state index in [4.69, 9.17) is 10.5 Å². The van der Waals surface area contributed by atoms with E-state index in [2.05, 4.69) is 26.1 Å². The van der Waals surface area contributed by atoms with Crippen molar-refractivity contribution in [1.82, 2.24) is 5.32 Å². The molecule has 3 N–H and O–H groups in total. The van der Waals surface area contributed by atoms with E-state index in [1.807, 2.05) is 0 Å². The summed E-state index contributed by atoms with van der Waals surface area (Å²) >= 11 is 0. The average Bonchev–Trinajstić information content (AvgIpc) is 3.08. The molecule has 3 nitrogen and oxygen atoms in total. The van der Waals surface area contributed by atoms with Crippen LogP contribution in [0.2, 0.25) is 0 Å². The molecule has 3 unspecified atom stereocenters. The summed E-state index contributed by atoms with van der Waals surface area (Å²) < 4.78 is 5.81. The van der Waals surface area contributed by atoms with Crippen molar-refractivity contribution in [3.05, 3.63) is 0 Å². The Morgan fingerprint density at radius 1 is 1.29 bits per heavy atom. The van der Waals surface area contributed by atoms with E-state index >= 15 is 0 Å². The van der Waals surface area contributed by atoms with Crippen molar-refractivity contribution < 1.29 is 4.74 Å². The fourth-order valence-electron chi connectivity index (χ4n) is 3.27. The Bertz CT molecular complexity index is 243. The molecule has 100 valence electrons. The minimum atomic E-state index is 0.111. The van der Waals surface area contributed by atoms with E-state index in [1.165, 1.54) is 12.8 Å². The Kier molecular flexibility index (Phi) is 4.11. The van der Waals surface area contributed by atoms with Gasteiger partial charge in [0.2, 0.25) is 0 Å². The van der Waals surface area contributed by atoms with E-state index in [0.717, 1.165) is 37.8 Å². The van der Waals surface area contributed by atoms with Gasteiger partial charge in [-0.25, -0.2) is 0 Å². The van der Waals surface area contributed by atoms with E-state index in [-0.39, 0.29) is 5.54 Å². The van der Waals surface area contributed by atoms with Crippen LogP contribution in [0.1, 0.15) is 46.5 Å². The Hall–Kier alpha value is -0.120. The molecule has 1 saturated heterocycles. The molecule has 0 aromatic heterocycles. The normalized spacial score (nSPS) is 40.2. The Morgan fingerprint density at radius 3 is 2.35 bits per heavy atom. The molecule has 2 aliphatic rings. The third-order valence-electron chi connectivity index (χ3n) is 4.44. The van der Waals surface area contributed by atoms with Crippen LogP contribution in [0.5, 0.6) is 0 Å². The first-order chi connectivity index (χ1) is 8.04. The number of ether oxygens (including phenoxy) is 1. The van der Waals surface area contributed by atoms with E-state index in [0.29, 0.717) is 12.2 Å². The van der Waals surface area contributed by atoms with Crippen molar-refractivity contribution in [1.29, 1.82) is 0 Å². The standard InChI is InChI=1S/C14H28N2O/c1-10(13-4-5-13)8-16-14(9-15)6-11(2)17-12(3)7-14/h10-13,16H,4-9,15H2,1-3H3. The molecule has 1 aliphatic carbocycles. The molecule has 17 heavy (non-hydrogen) atoms. The lowest BCUT2D eigenvalue weighted by Gasteiger charge is -2.43. The Balaban J connectivity index is 1.88. The van der Waals surface area contributed by atoms with Gasteiger partial charge in [0.15, 0.2) is 0 Å². The van der Waals surface area contributed by atoms with Crippen LogP contribution < -0.4 is 11.1 Å². The number of rotatable bonds is 5. The zero-order valence-corrected chi connectivity index (χ0v) is 11.5. The van der Waals surface area contributed by atoms with Crippen LogP contribution >= 0.6 is 0 Å². The predicted octanol–water partition coefficient (Wildman–Crippen LogP) is 1.91. The molecule has 0 aromatic carbocycles. The molecule has 0 radical (unpaired) electrons. The summed E-state index contributed by atoms with van der Waals surface area (Å²) in [6.07, 6.45) is 5.59. The van der Waals surface area contributed by atoms with Crippen LogP contribution in [-0.4, -0.2) is 30.8 Å². The maximum Gasteiger partial charge on any atom is 0.0568 e. The van der Waals surface area contributed by atoms with Gasteiger partial charge in [0.25, 0.3) is 0 Å². The topological polar surface area (TPSA) is 47.3 Å². The molecular weight excluding hydrogens is 212 g/mol. The van der Waals surface area contributed by atoms with Crippen LogP contribution in [0.3, 0.4) is 0 Å². The molecule has 1 aliphatic heterocycles. The van der Waals surface area contributed by atoms with Gasteiger partial charge in [-0.1, -0.05) is 6.92 Å². The predicted molar refractivity (Wildman–Crippen MR) is 70.9 cm³/mol. The molecular formula is C14H28N2O. The lowest BCUT2D eigenvalue weighted by atomic mass is 9.83. The number of nitrogens with one attached hydrogen (secondary N) is 1. The summed E-state index contributed by atoms with van der Waals surface area (Å²) in [6.45, 7) is 8.52. The lowest BCUT2D eigenvalue weighted by molar-refractivity contribution is -0.0676. The molecule has 0 amide bonds. The summed E-state index contributed by atoms with van der Waals surface area (Å²) in [5.74, 6) is 1.76. The van der Waals surface area contributed by atoms with Crippen LogP contribution in [-0.2, 0) is 4.74 Å². The van der Waals surface area contributed by atoms with Gasteiger partial charge in [0, 0.05) is 12.1 Å². The van der Waals surface area contributed by atoms with Crippen molar-refractivity contribution in [2.24, 2.45) is 17.6 Å². The largest absolute Gasteiger partial charge is 0.375 e. The zero-order chi connectivity index (χ0) is 12.5. The average molecular weight is 240 g/mol. The van der Waals surface area contributed by atoms with E-state index in [9.17, 15) is 0 Å². The molecule has 1 saturated carbocycles. The van der Waals surface area contributed by atoms with Crippen molar-refractivity contribution in [3.8, 4) is 0 Å². The molecule has 3 heteroatoms. The molecule has 0 bridgehead atoms. The maximum atomic E-state index is 6.02. The second-order valence-electron chi connectivity index (χ2n) is 6.35. The Morgan fingerprint density at radius 2 is 1.88 bits per heavy atom. The van der Waals surface area contributed by atoms with Crippen LogP contribution in [0, 0.1) is 11.8 Å². The van der Waals surface area contributed by atoms with Crippen LogP contribution in [0.4, 0.5) is 0 Å². The van der Waals surface area contributed by atoms with Gasteiger partial charge in [0.1, 0.15) is 0 Å². The highest BCUT2D eigenvalue weighted by atomic mass is 16.5. The number of hydrogen-bond donors (Lipinski definition) is 2. The molecule has 1 heterocycles. The van der Waals surface area contributed by atoms with E-state index < -0.39 is 0 Å². The van der Waals surface area contributed by atoms with Gasteiger partial charge in [-0.3, -0.25) is 0 Å². The van der Waals surface area contributed by atoms with Crippen molar-refractivity contribution >= 4 is 0 Å². The van der Waals surface area contributed by atoms with Gasteiger partial charge in [0.05, 0.1) is 12.2 Å².